The molecule has 0 radical (unpaired) electrons. The minimum absolute atomic E-state index is 0.229. The lowest BCUT2D eigenvalue weighted by atomic mass is 10.1. The third-order valence-electron chi connectivity index (χ3n) is 2.89. The van der Waals surface area contributed by atoms with Gasteiger partial charge in [-0.05, 0) is 26.0 Å². The zero-order chi connectivity index (χ0) is 13.3. The van der Waals surface area contributed by atoms with Crippen LogP contribution in [0.4, 0.5) is 8.78 Å². The SMILES string of the molecule is CC1(C)CN(C(=O)c2cccc(F)c2F)CCO1. The Morgan fingerprint density at radius 2 is 2.11 bits per heavy atom. The molecule has 0 spiro atoms. The van der Waals surface area contributed by atoms with Crippen LogP contribution in [0.1, 0.15) is 24.2 Å². The molecule has 98 valence electrons. The van der Waals surface area contributed by atoms with E-state index in [1.54, 1.807) is 0 Å². The number of benzene rings is 1. The minimum atomic E-state index is -1.09. The van der Waals surface area contributed by atoms with Crippen molar-refractivity contribution in [3.8, 4) is 0 Å². The van der Waals surface area contributed by atoms with E-state index in [2.05, 4.69) is 0 Å². The summed E-state index contributed by atoms with van der Waals surface area (Å²) in [7, 11) is 0. The summed E-state index contributed by atoms with van der Waals surface area (Å²) < 4.78 is 32.1. The Hall–Kier alpha value is -1.49. The van der Waals surface area contributed by atoms with Crippen LogP contribution in [-0.4, -0.2) is 36.1 Å². The molecule has 5 heteroatoms. The van der Waals surface area contributed by atoms with E-state index >= 15 is 0 Å². The molecule has 1 aliphatic rings. The van der Waals surface area contributed by atoms with E-state index in [1.807, 2.05) is 13.8 Å². The number of amides is 1. The molecule has 0 atom stereocenters. The number of nitrogens with zero attached hydrogens (tertiary/aromatic N) is 1. The molecule has 0 aliphatic carbocycles. The lowest BCUT2D eigenvalue weighted by molar-refractivity contribution is -0.0764. The first-order valence-corrected chi connectivity index (χ1v) is 5.78. The van der Waals surface area contributed by atoms with E-state index in [9.17, 15) is 13.6 Å². The average molecular weight is 255 g/mol. The fraction of sp³-hybridized carbons (Fsp3) is 0.462. The van der Waals surface area contributed by atoms with Crippen molar-refractivity contribution in [2.45, 2.75) is 19.4 Å². The number of carbonyl (C=O) groups excluding carboxylic acids is 1. The molecule has 1 fully saturated rings. The van der Waals surface area contributed by atoms with Crippen LogP contribution in [0.15, 0.2) is 18.2 Å². The highest BCUT2D eigenvalue weighted by molar-refractivity contribution is 5.94. The molecule has 0 aromatic heterocycles. The molecule has 0 unspecified atom stereocenters. The second-order valence-electron chi connectivity index (χ2n) is 4.94. The van der Waals surface area contributed by atoms with Gasteiger partial charge in [0.2, 0.25) is 0 Å². The smallest absolute Gasteiger partial charge is 0.257 e. The predicted molar refractivity (Wildman–Crippen MR) is 62.3 cm³/mol. The maximum absolute atomic E-state index is 13.5. The molecule has 1 amide bonds. The molecule has 18 heavy (non-hydrogen) atoms. The largest absolute Gasteiger partial charge is 0.372 e. The fourth-order valence-electron chi connectivity index (χ4n) is 2.03. The number of halogens is 2. The minimum Gasteiger partial charge on any atom is -0.372 e. The first-order chi connectivity index (χ1) is 8.41. The van der Waals surface area contributed by atoms with Crippen LogP contribution in [0.2, 0.25) is 0 Å². The quantitative estimate of drug-likeness (QED) is 0.770. The van der Waals surface area contributed by atoms with Crippen LogP contribution in [-0.2, 0) is 4.74 Å². The molecular weight excluding hydrogens is 240 g/mol. The van der Waals surface area contributed by atoms with Crippen molar-refractivity contribution in [3.63, 3.8) is 0 Å². The number of ether oxygens (including phenoxy) is 1. The summed E-state index contributed by atoms with van der Waals surface area (Å²) in [5, 5.41) is 0. The Morgan fingerprint density at radius 3 is 2.78 bits per heavy atom. The third kappa shape index (κ3) is 2.51. The van der Waals surface area contributed by atoms with Crippen LogP contribution >= 0.6 is 0 Å². The van der Waals surface area contributed by atoms with Gasteiger partial charge in [-0.3, -0.25) is 4.79 Å². The Kier molecular flexibility index (Phi) is 3.34. The average Bonchev–Trinajstić information content (AvgIpc) is 2.30. The van der Waals surface area contributed by atoms with Crippen LogP contribution in [0.25, 0.3) is 0 Å². The van der Waals surface area contributed by atoms with E-state index in [0.717, 1.165) is 6.07 Å². The summed E-state index contributed by atoms with van der Waals surface area (Å²) in [4.78, 5) is 13.6. The summed E-state index contributed by atoms with van der Waals surface area (Å²) in [6, 6.07) is 3.62. The summed E-state index contributed by atoms with van der Waals surface area (Å²) in [6.07, 6.45) is 0. The van der Waals surface area contributed by atoms with E-state index in [0.29, 0.717) is 19.7 Å². The molecule has 3 nitrogen and oxygen atoms in total. The standard InChI is InChI=1S/C13H15F2NO2/c1-13(2)8-16(6-7-18-13)12(17)9-4-3-5-10(14)11(9)15/h3-5H,6-8H2,1-2H3. The van der Waals surface area contributed by atoms with Gasteiger partial charge in [-0.1, -0.05) is 6.07 Å². The van der Waals surface area contributed by atoms with Crippen LogP contribution in [0.5, 0.6) is 0 Å². The Bertz CT molecular complexity index is 474. The van der Waals surface area contributed by atoms with Gasteiger partial charge in [0.25, 0.3) is 5.91 Å². The summed E-state index contributed by atoms with van der Waals surface area (Å²) in [5.41, 5.74) is -0.690. The molecule has 1 heterocycles. The van der Waals surface area contributed by atoms with Gasteiger partial charge in [0.05, 0.1) is 17.8 Å². The van der Waals surface area contributed by atoms with Crippen molar-refractivity contribution in [2.75, 3.05) is 19.7 Å². The van der Waals surface area contributed by atoms with Crippen molar-refractivity contribution >= 4 is 5.91 Å². The van der Waals surface area contributed by atoms with Crippen LogP contribution < -0.4 is 0 Å². The van der Waals surface area contributed by atoms with Gasteiger partial charge in [0.15, 0.2) is 11.6 Å². The Labute approximate surface area is 104 Å². The van der Waals surface area contributed by atoms with Gasteiger partial charge in [-0.2, -0.15) is 0 Å². The lowest BCUT2D eigenvalue weighted by Gasteiger charge is -2.38. The van der Waals surface area contributed by atoms with Gasteiger partial charge < -0.3 is 9.64 Å². The summed E-state index contributed by atoms with van der Waals surface area (Å²) in [5.74, 6) is -2.59. The highest BCUT2D eigenvalue weighted by Gasteiger charge is 2.31. The molecule has 0 N–H and O–H groups in total. The van der Waals surface area contributed by atoms with Crippen molar-refractivity contribution in [3.05, 3.63) is 35.4 Å². The number of morpholine rings is 1. The zero-order valence-electron chi connectivity index (χ0n) is 10.4. The molecular formula is C13H15F2NO2. The van der Waals surface area contributed by atoms with Crippen molar-refractivity contribution < 1.29 is 18.3 Å². The van der Waals surface area contributed by atoms with Crippen molar-refractivity contribution in [1.82, 2.24) is 4.90 Å². The molecule has 1 aliphatic heterocycles. The fourth-order valence-corrected chi connectivity index (χ4v) is 2.03. The number of hydrogen-bond donors (Lipinski definition) is 0. The van der Waals surface area contributed by atoms with Gasteiger partial charge in [-0.25, -0.2) is 8.78 Å². The first-order valence-electron chi connectivity index (χ1n) is 5.78. The molecule has 1 saturated heterocycles. The highest BCUT2D eigenvalue weighted by atomic mass is 19.2. The Morgan fingerprint density at radius 1 is 1.39 bits per heavy atom. The number of hydrogen-bond acceptors (Lipinski definition) is 2. The third-order valence-corrected chi connectivity index (χ3v) is 2.89. The molecule has 2 rings (SSSR count). The lowest BCUT2D eigenvalue weighted by Crippen LogP contribution is -2.50. The predicted octanol–water partition coefficient (Wildman–Crippen LogP) is 2.22. The van der Waals surface area contributed by atoms with Crippen molar-refractivity contribution in [1.29, 1.82) is 0 Å². The second-order valence-corrected chi connectivity index (χ2v) is 4.94. The topological polar surface area (TPSA) is 29.5 Å². The molecule has 0 saturated carbocycles. The number of rotatable bonds is 1. The van der Waals surface area contributed by atoms with Gasteiger partial charge in [0.1, 0.15) is 0 Å². The Balaban J connectivity index is 2.23. The molecule has 1 aromatic carbocycles. The molecule has 0 bridgehead atoms. The monoisotopic (exact) mass is 255 g/mol. The normalized spacial score (nSPS) is 18.8. The summed E-state index contributed by atoms with van der Waals surface area (Å²) >= 11 is 0. The van der Waals surface area contributed by atoms with E-state index in [4.69, 9.17) is 4.74 Å². The highest BCUT2D eigenvalue weighted by Crippen LogP contribution is 2.20. The van der Waals surface area contributed by atoms with E-state index < -0.39 is 23.1 Å². The summed E-state index contributed by atoms with van der Waals surface area (Å²) in [6.45, 7) is 4.86. The van der Waals surface area contributed by atoms with Gasteiger partial charge in [-0.15, -0.1) is 0 Å². The first kappa shape index (κ1) is 13.0. The van der Waals surface area contributed by atoms with Crippen LogP contribution in [0.3, 0.4) is 0 Å². The maximum Gasteiger partial charge on any atom is 0.257 e. The van der Waals surface area contributed by atoms with E-state index in [1.165, 1.54) is 17.0 Å². The second kappa shape index (κ2) is 4.65. The van der Waals surface area contributed by atoms with Gasteiger partial charge in [0, 0.05) is 13.1 Å². The van der Waals surface area contributed by atoms with Gasteiger partial charge >= 0.3 is 0 Å². The van der Waals surface area contributed by atoms with Crippen molar-refractivity contribution in [2.24, 2.45) is 0 Å². The van der Waals surface area contributed by atoms with Crippen LogP contribution in [0, 0.1) is 11.6 Å². The molecule has 1 aromatic rings. The zero-order valence-corrected chi connectivity index (χ0v) is 10.4. The maximum atomic E-state index is 13.5. The number of carbonyl (C=O) groups is 1. The van der Waals surface area contributed by atoms with E-state index in [-0.39, 0.29) is 5.56 Å².